The maximum atomic E-state index is 11.9. The van der Waals surface area contributed by atoms with Gasteiger partial charge in [0.2, 0.25) is 6.04 Å². The molecule has 1 heterocycles. The number of ether oxygens (including phenoxy) is 1. The molecule has 2 atom stereocenters. The van der Waals surface area contributed by atoms with Crippen molar-refractivity contribution in [2.75, 3.05) is 0 Å². The van der Waals surface area contributed by atoms with Gasteiger partial charge in [-0.15, -0.1) is 0 Å². The number of nitrogens with one attached hydrogen (secondary N) is 1. The topological polar surface area (TPSA) is 106 Å². The van der Waals surface area contributed by atoms with Crippen LogP contribution in [0.5, 0.6) is 0 Å². The normalized spacial score (nSPS) is 13.1. The Morgan fingerprint density at radius 2 is 2.05 bits per heavy atom. The van der Waals surface area contributed by atoms with Crippen LogP contribution in [0, 0.1) is 6.92 Å². The molecule has 1 amide bonds. The van der Waals surface area contributed by atoms with Crippen LogP contribution in [0.3, 0.4) is 0 Å². The van der Waals surface area contributed by atoms with Crippen LogP contribution in [0.15, 0.2) is 18.3 Å². The number of esters is 1. The van der Waals surface area contributed by atoms with Crippen LogP contribution in [-0.4, -0.2) is 40.1 Å². The standard InChI is InChI=1S/C14H18N2O5/c1-4-9(3)21-14(20)11(13(18)19)16-12(17)10-6-5-8(2)15-7-10/h5-7,9,11H,4H2,1-3H3,(H,16,17)(H,18,19). The monoisotopic (exact) mass is 294 g/mol. The molecule has 0 saturated heterocycles. The van der Waals surface area contributed by atoms with Crippen LogP contribution in [0.1, 0.15) is 36.3 Å². The Labute approximate surface area is 122 Å². The van der Waals surface area contributed by atoms with Crippen LogP contribution in [0.25, 0.3) is 0 Å². The lowest BCUT2D eigenvalue weighted by Crippen LogP contribution is -2.48. The first-order valence-electron chi connectivity index (χ1n) is 6.52. The quantitative estimate of drug-likeness (QED) is 0.597. The fraction of sp³-hybridized carbons (Fsp3) is 0.429. The predicted octanol–water partition coefficient (Wildman–Crippen LogP) is 0.915. The van der Waals surface area contributed by atoms with Crippen molar-refractivity contribution in [1.29, 1.82) is 0 Å². The van der Waals surface area contributed by atoms with Crippen LogP contribution in [0.4, 0.5) is 0 Å². The number of carbonyl (C=O) groups excluding carboxylic acids is 2. The molecule has 0 bridgehead atoms. The number of pyridine rings is 1. The number of hydrogen-bond donors (Lipinski definition) is 2. The molecular weight excluding hydrogens is 276 g/mol. The molecule has 7 heteroatoms. The Hall–Kier alpha value is -2.44. The lowest BCUT2D eigenvalue weighted by molar-refractivity contribution is -0.158. The Morgan fingerprint density at radius 1 is 1.38 bits per heavy atom. The van der Waals surface area contributed by atoms with Gasteiger partial charge in [-0.1, -0.05) is 6.92 Å². The Bertz CT molecular complexity index is 527. The summed E-state index contributed by atoms with van der Waals surface area (Å²) in [7, 11) is 0. The summed E-state index contributed by atoms with van der Waals surface area (Å²) < 4.78 is 4.93. The van der Waals surface area contributed by atoms with Gasteiger partial charge in [0.25, 0.3) is 5.91 Å². The second kappa shape index (κ2) is 7.37. The molecule has 0 aliphatic heterocycles. The van der Waals surface area contributed by atoms with Crippen molar-refractivity contribution in [1.82, 2.24) is 10.3 Å². The summed E-state index contributed by atoms with van der Waals surface area (Å²) in [4.78, 5) is 38.7. The number of carboxylic acid groups (broad SMARTS) is 1. The van der Waals surface area contributed by atoms with E-state index in [1.807, 2.05) is 0 Å². The zero-order chi connectivity index (χ0) is 16.0. The number of amides is 1. The van der Waals surface area contributed by atoms with E-state index >= 15 is 0 Å². The Kier molecular flexibility index (Phi) is 5.83. The number of aryl methyl sites for hydroxylation is 1. The third-order valence-corrected chi connectivity index (χ3v) is 2.82. The molecule has 114 valence electrons. The minimum atomic E-state index is -1.74. The molecule has 2 unspecified atom stereocenters. The highest BCUT2D eigenvalue weighted by Crippen LogP contribution is 2.03. The largest absolute Gasteiger partial charge is 0.479 e. The zero-order valence-electron chi connectivity index (χ0n) is 12.1. The van der Waals surface area contributed by atoms with Crippen LogP contribution < -0.4 is 5.32 Å². The third-order valence-electron chi connectivity index (χ3n) is 2.82. The summed E-state index contributed by atoms with van der Waals surface area (Å²) in [5.74, 6) is -3.17. The van der Waals surface area contributed by atoms with Gasteiger partial charge in [-0.2, -0.15) is 0 Å². The summed E-state index contributed by atoms with van der Waals surface area (Å²) in [5, 5.41) is 11.2. The SMILES string of the molecule is CCC(C)OC(=O)C(NC(=O)c1ccc(C)nc1)C(=O)O. The number of aromatic nitrogens is 1. The number of carboxylic acids is 1. The fourth-order valence-electron chi connectivity index (χ4n) is 1.39. The highest BCUT2D eigenvalue weighted by atomic mass is 16.5. The van der Waals surface area contributed by atoms with Gasteiger partial charge in [-0.25, -0.2) is 9.59 Å². The van der Waals surface area contributed by atoms with Crippen LogP contribution in [-0.2, 0) is 14.3 Å². The van der Waals surface area contributed by atoms with E-state index in [1.54, 1.807) is 26.8 Å². The number of aliphatic carboxylic acids is 1. The van der Waals surface area contributed by atoms with E-state index in [9.17, 15) is 14.4 Å². The molecule has 0 aliphatic rings. The number of carbonyl (C=O) groups is 3. The first-order valence-corrected chi connectivity index (χ1v) is 6.52. The summed E-state index contributed by atoms with van der Waals surface area (Å²) in [6.45, 7) is 5.19. The Balaban J connectivity index is 2.78. The third kappa shape index (κ3) is 4.87. The van der Waals surface area contributed by atoms with Gasteiger partial charge in [0.1, 0.15) is 0 Å². The van der Waals surface area contributed by atoms with Gasteiger partial charge in [0.05, 0.1) is 11.7 Å². The smallest absolute Gasteiger partial charge is 0.340 e. The molecule has 1 rings (SSSR count). The number of nitrogens with zero attached hydrogens (tertiary/aromatic N) is 1. The van der Waals surface area contributed by atoms with E-state index < -0.39 is 30.0 Å². The van der Waals surface area contributed by atoms with Gasteiger partial charge in [-0.05, 0) is 32.4 Å². The summed E-state index contributed by atoms with van der Waals surface area (Å²) in [6.07, 6.45) is 1.44. The molecule has 0 aliphatic carbocycles. The van der Waals surface area contributed by atoms with Gasteiger partial charge in [-0.3, -0.25) is 9.78 Å². The fourth-order valence-corrected chi connectivity index (χ4v) is 1.39. The molecule has 0 fully saturated rings. The van der Waals surface area contributed by atoms with Gasteiger partial charge in [0.15, 0.2) is 0 Å². The summed E-state index contributed by atoms with van der Waals surface area (Å²) in [5.41, 5.74) is 0.890. The molecule has 7 nitrogen and oxygen atoms in total. The molecule has 2 N–H and O–H groups in total. The van der Waals surface area contributed by atoms with Gasteiger partial charge >= 0.3 is 11.9 Å². The molecule has 0 saturated carbocycles. The maximum absolute atomic E-state index is 11.9. The van der Waals surface area contributed by atoms with Gasteiger partial charge < -0.3 is 15.2 Å². The first kappa shape index (κ1) is 16.6. The number of hydrogen-bond acceptors (Lipinski definition) is 5. The maximum Gasteiger partial charge on any atom is 0.340 e. The molecule has 1 aromatic heterocycles. The molecule has 1 aromatic rings. The van der Waals surface area contributed by atoms with Crippen molar-refractivity contribution in [2.45, 2.75) is 39.3 Å². The molecule has 0 radical (unpaired) electrons. The lowest BCUT2D eigenvalue weighted by atomic mass is 10.2. The van der Waals surface area contributed by atoms with E-state index in [4.69, 9.17) is 9.84 Å². The Morgan fingerprint density at radius 3 is 2.52 bits per heavy atom. The second-order valence-electron chi connectivity index (χ2n) is 4.59. The van der Waals surface area contributed by atoms with E-state index in [0.717, 1.165) is 5.69 Å². The van der Waals surface area contributed by atoms with Gasteiger partial charge in [0, 0.05) is 11.9 Å². The van der Waals surface area contributed by atoms with Crippen molar-refractivity contribution >= 4 is 17.8 Å². The highest BCUT2D eigenvalue weighted by molar-refractivity contribution is 6.05. The minimum absolute atomic E-state index is 0.170. The average Bonchev–Trinajstić information content (AvgIpc) is 2.44. The van der Waals surface area contributed by atoms with E-state index in [1.165, 1.54) is 12.3 Å². The lowest BCUT2D eigenvalue weighted by Gasteiger charge is -2.16. The number of rotatable bonds is 6. The second-order valence-corrected chi connectivity index (χ2v) is 4.59. The minimum Gasteiger partial charge on any atom is -0.479 e. The van der Waals surface area contributed by atoms with Crippen molar-refractivity contribution in [3.05, 3.63) is 29.6 Å². The van der Waals surface area contributed by atoms with E-state index in [-0.39, 0.29) is 5.56 Å². The molecule has 0 spiro atoms. The highest BCUT2D eigenvalue weighted by Gasteiger charge is 2.31. The summed E-state index contributed by atoms with van der Waals surface area (Å²) >= 11 is 0. The van der Waals surface area contributed by atoms with Crippen LogP contribution in [0.2, 0.25) is 0 Å². The molecule has 21 heavy (non-hydrogen) atoms. The van der Waals surface area contributed by atoms with Crippen molar-refractivity contribution in [3.8, 4) is 0 Å². The van der Waals surface area contributed by atoms with Crippen molar-refractivity contribution in [3.63, 3.8) is 0 Å². The predicted molar refractivity (Wildman–Crippen MR) is 73.7 cm³/mol. The van der Waals surface area contributed by atoms with Crippen molar-refractivity contribution in [2.24, 2.45) is 0 Å². The molecule has 0 aromatic carbocycles. The summed E-state index contributed by atoms with van der Waals surface area (Å²) in [6, 6.07) is 1.37. The van der Waals surface area contributed by atoms with E-state index in [2.05, 4.69) is 10.3 Å². The van der Waals surface area contributed by atoms with Crippen LogP contribution >= 0.6 is 0 Å². The molecular formula is C14H18N2O5. The van der Waals surface area contributed by atoms with E-state index in [0.29, 0.717) is 6.42 Å². The van der Waals surface area contributed by atoms with Crippen molar-refractivity contribution < 1.29 is 24.2 Å². The zero-order valence-corrected chi connectivity index (χ0v) is 12.1. The first-order chi connectivity index (χ1) is 9.85. The average molecular weight is 294 g/mol.